The van der Waals surface area contributed by atoms with E-state index in [-0.39, 0.29) is 0 Å². The average molecular weight is 664 g/mol. The smallest absolute Gasteiger partial charge is 0.137 e. The predicted molar refractivity (Wildman–Crippen MR) is 214 cm³/mol. The fourth-order valence-corrected chi connectivity index (χ4v) is 7.94. The first kappa shape index (κ1) is 28.7. The molecule has 7 aromatic carbocycles. The van der Waals surface area contributed by atoms with Gasteiger partial charge in [-0.25, -0.2) is 15.0 Å². The number of hydrogen-bond acceptors (Lipinski definition) is 3. The average Bonchev–Trinajstić information content (AvgIpc) is 3.70. The van der Waals surface area contributed by atoms with Crippen molar-refractivity contribution in [3.8, 4) is 34.0 Å². The van der Waals surface area contributed by atoms with Gasteiger partial charge in [0.05, 0.1) is 44.5 Å². The Morgan fingerprint density at radius 2 is 0.942 bits per heavy atom. The van der Waals surface area contributed by atoms with Gasteiger partial charge in [0.2, 0.25) is 0 Å². The van der Waals surface area contributed by atoms with E-state index in [2.05, 4.69) is 130 Å². The molecule has 4 aromatic heterocycles. The highest BCUT2D eigenvalue weighted by Crippen LogP contribution is 2.41. The van der Waals surface area contributed by atoms with Gasteiger partial charge in [0, 0.05) is 44.6 Å². The Balaban J connectivity index is 1.16. The van der Waals surface area contributed by atoms with Crippen LogP contribution >= 0.6 is 0 Å². The number of hydrogen-bond donors (Lipinski definition) is 0. The lowest BCUT2D eigenvalue weighted by Crippen LogP contribution is -1.98. The topological polar surface area (TPSA) is 48.5 Å². The number of fused-ring (bicyclic) bond motifs is 8. The molecule has 4 heterocycles. The zero-order valence-electron chi connectivity index (χ0n) is 28.0. The zero-order chi connectivity index (χ0) is 34.2. The summed E-state index contributed by atoms with van der Waals surface area (Å²) in [6, 6.07) is 59.9. The van der Waals surface area contributed by atoms with Gasteiger partial charge in [-0.15, -0.1) is 0 Å². The van der Waals surface area contributed by atoms with Crippen molar-refractivity contribution < 1.29 is 0 Å². The first-order valence-corrected chi connectivity index (χ1v) is 17.5. The summed E-state index contributed by atoms with van der Waals surface area (Å²) >= 11 is 0. The van der Waals surface area contributed by atoms with E-state index in [4.69, 9.17) is 15.0 Å². The molecule has 5 nitrogen and oxygen atoms in total. The largest absolute Gasteiger partial charge is 0.309 e. The lowest BCUT2D eigenvalue weighted by molar-refractivity contribution is 1.08. The molecule has 0 bridgehead atoms. The Morgan fingerprint density at radius 3 is 1.69 bits per heavy atom. The summed E-state index contributed by atoms with van der Waals surface area (Å²) in [4.78, 5) is 15.1. The van der Waals surface area contributed by atoms with Crippen molar-refractivity contribution in [1.82, 2.24) is 24.1 Å². The van der Waals surface area contributed by atoms with Crippen molar-refractivity contribution in [2.75, 3.05) is 0 Å². The Kier molecular flexibility index (Phi) is 6.18. The van der Waals surface area contributed by atoms with Crippen LogP contribution in [0.15, 0.2) is 176 Å². The molecule has 0 saturated carbocycles. The van der Waals surface area contributed by atoms with Crippen LogP contribution < -0.4 is 0 Å². The molecule has 0 fully saturated rings. The Morgan fingerprint density at radius 1 is 0.365 bits per heavy atom. The van der Waals surface area contributed by atoms with Gasteiger partial charge in [-0.05, 0) is 77.5 Å². The minimum atomic E-state index is 0.868. The maximum Gasteiger partial charge on any atom is 0.137 e. The van der Waals surface area contributed by atoms with Crippen molar-refractivity contribution in [3.63, 3.8) is 0 Å². The summed E-state index contributed by atoms with van der Waals surface area (Å²) in [5.41, 5.74) is 11.2. The van der Waals surface area contributed by atoms with Crippen LogP contribution in [0, 0.1) is 0 Å². The van der Waals surface area contributed by atoms with Crippen molar-refractivity contribution >= 4 is 65.4 Å². The monoisotopic (exact) mass is 663 g/mol. The number of pyridine rings is 1. The highest BCUT2D eigenvalue weighted by molar-refractivity contribution is 6.20. The number of aromatic nitrogens is 5. The molecule has 0 aliphatic carbocycles. The van der Waals surface area contributed by atoms with E-state index in [1.54, 1.807) is 0 Å². The second-order valence-corrected chi connectivity index (χ2v) is 13.3. The third-order valence-electron chi connectivity index (χ3n) is 10.3. The van der Waals surface area contributed by atoms with Crippen LogP contribution in [-0.4, -0.2) is 24.1 Å². The van der Waals surface area contributed by atoms with Crippen molar-refractivity contribution in [2.45, 2.75) is 0 Å². The van der Waals surface area contributed by atoms with Crippen LogP contribution in [0.3, 0.4) is 0 Å². The molecule has 0 N–H and O–H groups in total. The summed E-state index contributed by atoms with van der Waals surface area (Å²) < 4.78 is 4.69. The van der Waals surface area contributed by atoms with E-state index >= 15 is 0 Å². The summed E-state index contributed by atoms with van der Waals surface area (Å²) in [6.45, 7) is 0. The van der Waals surface area contributed by atoms with Gasteiger partial charge >= 0.3 is 0 Å². The van der Waals surface area contributed by atoms with Gasteiger partial charge in [0.25, 0.3) is 0 Å². The molecule has 0 unspecified atom stereocenters. The maximum absolute atomic E-state index is 5.15. The molecular weight excluding hydrogens is 635 g/mol. The molecular formula is C47H29N5. The van der Waals surface area contributed by atoms with Gasteiger partial charge in [0.1, 0.15) is 5.82 Å². The molecule has 0 aliphatic heterocycles. The summed E-state index contributed by atoms with van der Waals surface area (Å²) in [5, 5.41) is 7.29. The second-order valence-electron chi connectivity index (χ2n) is 13.3. The minimum Gasteiger partial charge on any atom is -0.309 e. The molecule has 11 aromatic rings. The van der Waals surface area contributed by atoms with E-state index in [1.165, 1.54) is 32.3 Å². The quantitative estimate of drug-likeness (QED) is 0.188. The summed E-state index contributed by atoms with van der Waals surface area (Å²) in [7, 11) is 0. The number of benzene rings is 7. The molecule has 0 aliphatic rings. The standard InChI is InChI=1S/C47H29N5/c1-2-12-30(13-3-1)46-47(50-40-18-8-7-17-39(40)49-46)31-21-23-34(24-22-31)51-41-19-9-6-16-35(41)37-28-38-36-26-32-14-4-5-15-33(32)27-42(36)52(44(38)29-43(37)51)45-20-10-11-25-48-45/h1-29H. The van der Waals surface area contributed by atoms with Gasteiger partial charge in [-0.3, -0.25) is 4.57 Å². The van der Waals surface area contributed by atoms with Crippen LogP contribution in [0.5, 0.6) is 0 Å². The number of para-hydroxylation sites is 3. The highest BCUT2D eigenvalue weighted by atomic mass is 15.1. The van der Waals surface area contributed by atoms with Crippen LogP contribution in [0.4, 0.5) is 0 Å². The zero-order valence-corrected chi connectivity index (χ0v) is 28.0. The SMILES string of the molecule is c1ccc(-c2nc3ccccc3nc2-c2ccc(-n3c4ccccc4c4cc5c6cc7ccccc7cc6n(-c6ccccn6)c5cc43)cc2)cc1. The predicted octanol–water partition coefficient (Wildman–Crippen LogP) is 11.7. The second kappa shape index (κ2) is 11.2. The fraction of sp³-hybridized carbons (Fsp3) is 0. The minimum absolute atomic E-state index is 0.868. The van der Waals surface area contributed by atoms with Gasteiger partial charge in [-0.2, -0.15) is 0 Å². The number of rotatable bonds is 4. The van der Waals surface area contributed by atoms with Gasteiger partial charge in [-0.1, -0.05) is 103 Å². The number of nitrogens with zero attached hydrogens (tertiary/aromatic N) is 5. The summed E-state index contributed by atoms with van der Waals surface area (Å²) in [5.74, 6) is 0.898. The van der Waals surface area contributed by atoms with Crippen LogP contribution in [0.2, 0.25) is 0 Å². The van der Waals surface area contributed by atoms with Crippen molar-refractivity contribution in [1.29, 1.82) is 0 Å². The fourth-order valence-electron chi connectivity index (χ4n) is 7.94. The van der Waals surface area contributed by atoms with E-state index in [0.717, 1.165) is 67.1 Å². The maximum atomic E-state index is 5.15. The van der Waals surface area contributed by atoms with Crippen molar-refractivity contribution in [3.05, 3.63) is 176 Å². The van der Waals surface area contributed by atoms with E-state index in [0.29, 0.717) is 0 Å². The molecule has 0 atom stereocenters. The Hall–Kier alpha value is -7.11. The van der Waals surface area contributed by atoms with E-state index in [9.17, 15) is 0 Å². The molecule has 242 valence electrons. The molecule has 0 amide bonds. The molecule has 11 rings (SSSR count). The highest BCUT2D eigenvalue weighted by Gasteiger charge is 2.20. The Bertz CT molecular complexity index is 3160. The van der Waals surface area contributed by atoms with E-state index in [1.807, 2.05) is 54.7 Å². The molecule has 0 saturated heterocycles. The van der Waals surface area contributed by atoms with Crippen LogP contribution in [-0.2, 0) is 0 Å². The van der Waals surface area contributed by atoms with Crippen LogP contribution in [0.25, 0.3) is 99.4 Å². The lowest BCUT2D eigenvalue weighted by atomic mass is 10.0. The Labute approximate surface area is 298 Å². The summed E-state index contributed by atoms with van der Waals surface area (Å²) in [6.07, 6.45) is 1.87. The third-order valence-corrected chi connectivity index (χ3v) is 10.3. The lowest BCUT2D eigenvalue weighted by Gasteiger charge is -2.13. The molecule has 52 heavy (non-hydrogen) atoms. The normalized spacial score (nSPS) is 11.8. The molecule has 0 spiro atoms. The van der Waals surface area contributed by atoms with Crippen molar-refractivity contribution in [2.24, 2.45) is 0 Å². The first-order chi connectivity index (χ1) is 25.8. The third kappa shape index (κ3) is 4.33. The molecule has 0 radical (unpaired) electrons. The van der Waals surface area contributed by atoms with Crippen LogP contribution in [0.1, 0.15) is 0 Å². The first-order valence-electron chi connectivity index (χ1n) is 17.5. The van der Waals surface area contributed by atoms with Gasteiger partial charge < -0.3 is 4.57 Å². The molecule has 5 heteroatoms. The van der Waals surface area contributed by atoms with E-state index < -0.39 is 0 Å². The van der Waals surface area contributed by atoms with Gasteiger partial charge in [0.15, 0.2) is 0 Å².